The third-order valence-corrected chi connectivity index (χ3v) is 3.70. The molecule has 0 spiro atoms. The fraction of sp³-hybridized carbons (Fsp3) is 0.385. The molecule has 0 fully saturated rings. The van der Waals surface area contributed by atoms with Crippen molar-refractivity contribution in [1.29, 1.82) is 0 Å². The van der Waals surface area contributed by atoms with Crippen LogP contribution in [0.2, 0.25) is 0 Å². The minimum absolute atomic E-state index is 0.0220. The molecule has 0 N–H and O–H groups in total. The molecule has 0 saturated heterocycles. The van der Waals surface area contributed by atoms with Gasteiger partial charge < -0.3 is 4.57 Å². The molecule has 2 rings (SSSR count). The van der Waals surface area contributed by atoms with Crippen LogP contribution in [0, 0.1) is 0 Å². The number of halogens is 1. The molecule has 0 amide bonds. The van der Waals surface area contributed by atoms with Crippen molar-refractivity contribution < 1.29 is 4.79 Å². The van der Waals surface area contributed by atoms with Crippen LogP contribution in [0.1, 0.15) is 13.8 Å². The van der Waals surface area contributed by atoms with Crippen molar-refractivity contribution in [2.24, 2.45) is 7.05 Å². The normalized spacial score (nSPS) is 11.6. The van der Waals surface area contributed by atoms with E-state index < -0.39 is 11.2 Å². The first-order chi connectivity index (χ1) is 9.88. The second kappa shape index (κ2) is 5.80. The number of carbonyl (C=O) groups is 1. The SMILES string of the molecule is C/C=C/Cn1c(=O)c2c(nc(Br)n2CC(C)=O)n(C)c1=O. The zero-order chi connectivity index (χ0) is 15.7. The summed E-state index contributed by atoms with van der Waals surface area (Å²) in [6.07, 6.45) is 3.48. The molecule has 112 valence electrons. The number of fused-ring (bicyclic) bond motifs is 1. The number of carbonyl (C=O) groups excluding carboxylic acids is 1. The number of aryl methyl sites for hydroxylation is 1. The van der Waals surface area contributed by atoms with Crippen LogP contribution in [0.5, 0.6) is 0 Å². The monoisotopic (exact) mass is 354 g/mol. The number of allylic oxidation sites excluding steroid dienone is 2. The Kier molecular flexibility index (Phi) is 4.26. The van der Waals surface area contributed by atoms with Crippen molar-refractivity contribution >= 4 is 32.9 Å². The number of aromatic nitrogens is 4. The molecule has 2 heterocycles. The Bertz CT molecular complexity index is 857. The van der Waals surface area contributed by atoms with E-state index in [1.165, 1.54) is 16.1 Å². The van der Waals surface area contributed by atoms with Gasteiger partial charge in [0.05, 0.1) is 6.54 Å². The third-order valence-electron chi connectivity index (χ3n) is 3.09. The molecule has 0 aromatic carbocycles. The Labute approximate surface area is 128 Å². The number of hydrogen-bond donors (Lipinski definition) is 0. The third kappa shape index (κ3) is 2.63. The summed E-state index contributed by atoms with van der Waals surface area (Å²) < 4.78 is 4.25. The van der Waals surface area contributed by atoms with Gasteiger partial charge in [0.25, 0.3) is 5.56 Å². The lowest BCUT2D eigenvalue weighted by atomic mass is 10.4. The van der Waals surface area contributed by atoms with Crippen molar-refractivity contribution in [2.75, 3.05) is 0 Å². The quantitative estimate of drug-likeness (QED) is 0.601. The first kappa shape index (κ1) is 15.4. The minimum Gasteiger partial charge on any atom is -0.305 e. The number of nitrogens with zero attached hydrogens (tertiary/aromatic N) is 4. The predicted molar refractivity (Wildman–Crippen MR) is 82.4 cm³/mol. The van der Waals surface area contributed by atoms with Gasteiger partial charge in [-0.05, 0) is 29.8 Å². The van der Waals surface area contributed by atoms with Crippen LogP contribution in [0.15, 0.2) is 26.5 Å². The highest BCUT2D eigenvalue weighted by atomic mass is 79.9. The molecule has 21 heavy (non-hydrogen) atoms. The Morgan fingerprint density at radius 3 is 2.57 bits per heavy atom. The highest BCUT2D eigenvalue weighted by Gasteiger charge is 2.19. The highest BCUT2D eigenvalue weighted by Crippen LogP contribution is 2.16. The maximum atomic E-state index is 12.5. The lowest BCUT2D eigenvalue weighted by Gasteiger charge is -2.07. The smallest absolute Gasteiger partial charge is 0.305 e. The Morgan fingerprint density at radius 1 is 1.33 bits per heavy atom. The topological polar surface area (TPSA) is 78.9 Å². The first-order valence-corrected chi connectivity index (χ1v) is 7.14. The second-order valence-corrected chi connectivity index (χ2v) is 5.38. The molecule has 8 heteroatoms. The maximum Gasteiger partial charge on any atom is 0.332 e. The number of Topliss-reactive ketones (excluding diaryl/α,β-unsaturated/α-hetero) is 1. The Hall–Kier alpha value is -1.96. The van der Waals surface area contributed by atoms with E-state index in [4.69, 9.17) is 0 Å². The van der Waals surface area contributed by atoms with Crippen LogP contribution < -0.4 is 11.2 Å². The summed E-state index contributed by atoms with van der Waals surface area (Å²) in [6.45, 7) is 3.44. The Balaban J connectivity index is 2.88. The van der Waals surface area contributed by atoms with Gasteiger partial charge >= 0.3 is 5.69 Å². The van der Waals surface area contributed by atoms with Crippen molar-refractivity contribution in [1.82, 2.24) is 18.7 Å². The van der Waals surface area contributed by atoms with Gasteiger partial charge in [-0.3, -0.25) is 18.7 Å². The van der Waals surface area contributed by atoms with E-state index in [9.17, 15) is 14.4 Å². The van der Waals surface area contributed by atoms with Crippen molar-refractivity contribution in [3.05, 3.63) is 37.7 Å². The number of rotatable bonds is 4. The highest BCUT2D eigenvalue weighted by molar-refractivity contribution is 9.10. The van der Waals surface area contributed by atoms with Crippen LogP contribution in [-0.2, 0) is 24.9 Å². The second-order valence-electron chi connectivity index (χ2n) is 4.67. The zero-order valence-corrected chi connectivity index (χ0v) is 13.5. The molecule has 0 atom stereocenters. The zero-order valence-electron chi connectivity index (χ0n) is 12.0. The van der Waals surface area contributed by atoms with Crippen LogP contribution in [-0.4, -0.2) is 24.5 Å². The van der Waals surface area contributed by atoms with E-state index in [1.54, 1.807) is 19.2 Å². The molecule has 2 aromatic heterocycles. The van der Waals surface area contributed by atoms with Crippen LogP contribution >= 0.6 is 15.9 Å². The molecule has 0 aliphatic carbocycles. The first-order valence-electron chi connectivity index (χ1n) is 6.34. The molecule has 0 saturated carbocycles. The summed E-state index contributed by atoms with van der Waals surface area (Å²) in [7, 11) is 1.55. The molecule has 2 aromatic rings. The molecule has 0 aliphatic heterocycles. The maximum absolute atomic E-state index is 12.5. The van der Waals surface area contributed by atoms with Gasteiger partial charge in [-0.25, -0.2) is 9.78 Å². The molecular formula is C13H15BrN4O3. The van der Waals surface area contributed by atoms with Crippen LogP contribution in [0.25, 0.3) is 11.2 Å². The van der Waals surface area contributed by atoms with Gasteiger partial charge in [0.1, 0.15) is 5.78 Å². The van der Waals surface area contributed by atoms with E-state index in [1.807, 2.05) is 6.92 Å². The van der Waals surface area contributed by atoms with E-state index in [0.29, 0.717) is 4.73 Å². The Morgan fingerprint density at radius 2 is 2.00 bits per heavy atom. The average molecular weight is 355 g/mol. The van der Waals surface area contributed by atoms with E-state index in [-0.39, 0.29) is 30.0 Å². The summed E-state index contributed by atoms with van der Waals surface area (Å²) in [5, 5.41) is 0. The van der Waals surface area contributed by atoms with Crippen molar-refractivity contribution in [3.8, 4) is 0 Å². The summed E-state index contributed by atoms with van der Waals surface area (Å²) in [5.74, 6) is -0.108. The van der Waals surface area contributed by atoms with Crippen molar-refractivity contribution in [3.63, 3.8) is 0 Å². The van der Waals surface area contributed by atoms with E-state index >= 15 is 0 Å². The van der Waals surface area contributed by atoms with Crippen LogP contribution in [0.3, 0.4) is 0 Å². The molecule has 0 aliphatic rings. The molecular weight excluding hydrogens is 340 g/mol. The summed E-state index contributed by atoms with van der Waals surface area (Å²) in [5.41, 5.74) is -0.394. The molecule has 0 radical (unpaired) electrons. The van der Waals surface area contributed by atoms with Crippen LogP contribution in [0.4, 0.5) is 0 Å². The molecule has 0 bridgehead atoms. The van der Waals surface area contributed by atoms with Gasteiger partial charge in [0, 0.05) is 13.6 Å². The summed E-state index contributed by atoms with van der Waals surface area (Å²) >= 11 is 3.23. The summed E-state index contributed by atoms with van der Waals surface area (Å²) in [6, 6.07) is 0. The van der Waals surface area contributed by atoms with Gasteiger partial charge in [-0.2, -0.15) is 0 Å². The van der Waals surface area contributed by atoms with Crippen molar-refractivity contribution in [2.45, 2.75) is 26.9 Å². The molecule has 0 unspecified atom stereocenters. The lowest BCUT2D eigenvalue weighted by molar-refractivity contribution is -0.117. The average Bonchev–Trinajstić information content (AvgIpc) is 2.73. The predicted octanol–water partition coefficient (Wildman–Crippen LogP) is 0.824. The number of ketones is 1. The van der Waals surface area contributed by atoms with Gasteiger partial charge in [0.2, 0.25) is 0 Å². The largest absolute Gasteiger partial charge is 0.332 e. The van der Waals surface area contributed by atoms with Gasteiger partial charge in [0.15, 0.2) is 15.9 Å². The fourth-order valence-electron chi connectivity index (χ4n) is 2.08. The van der Waals surface area contributed by atoms with E-state index in [2.05, 4.69) is 20.9 Å². The number of hydrogen-bond acceptors (Lipinski definition) is 4. The van der Waals surface area contributed by atoms with E-state index in [0.717, 1.165) is 4.57 Å². The lowest BCUT2D eigenvalue weighted by Crippen LogP contribution is -2.39. The standard InChI is InChI=1S/C13H15BrN4O3/c1-4-5-6-17-11(20)9-10(16(3)13(17)21)15-12(14)18(9)7-8(2)19/h4-5H,6-7H2,1-3H3/b5-4+. The van der Waals surface area contributed by atoms with Gasteiger partial charge in [-0.15, -0.1) is 0 Å². The van der Waals surface area contributed by atoms with Gasteiger partial charge in [-0.1, -0.05) is 12.2 Å². The molecule has 7 nitrogen and oxygen atoms in total. The number of imidazole rings is 1. The fourth-order valence-corrected chi connectivity index (χ4v) is 2.55. The summed E-state index contributed by atoms with van der Waals surface area (Å²) in [4.78, 5) is 40.3. The minimum atomic E-state index is -0.453.